The Balaban J connectivity index is 2.88. The van der Waals surface area contributed by atoms with Crippen LogP contribution in [0.5, 0.6) is 5.75 Å². The van der Waals surface area contributed by atoms with Gasteiger partial charge in [0.05, 0.1) is 12.9 Å². The minimum absolute atomic E-state index is 0.207. The first kappa shape index (κ1) is 18.7. The molecule has 1 amide bonds. The highest BCUT2D eigenvalue weighted by Gasteiger charge is 2.19. The monoisotopic (exact) mass is 349 g/mol. The van der Waals surface area contributed by atoms with E-state index in [1.54, 1.807) is 37.1 Å². The Hall–Kier alpha value is -1.31. The van der Waals surface area contributed by atoms with E-state index in [4.69, 9.17) is 20.5 Å². The topological polar surface area (TPSA) is 72.9 Å². The molecule has 0 aliphatic carbocycles. The molecular weight excluding hydrogens is 330 g/mol. The number of nitrogens with zero attached hydrogens (tertiary/aromatic N) is 1. The lowest BCUT2D eigenvalue weighted by Crippen LogP contribution is -2.37. The highest BCUT2D eigenvalue weighted by molar-refractivity contribution is 7.86. The fourth-order valence-corrected chi connectivity index (χ4v) is 2.40. The highest BCUT2D eigenvalue weighted by atomic mass is 35.5. The Kier molecular flexibility index (Phi) is 7.12. The van der Waals surface area contributed by atoms with Gasteiger partial charge in [-0.1, -0.05) is 12.1 Å². The van der Waals surface area contributed by atoms with Crippen LogP contribution in [0.1, 0.15) is 12.5 Å². The number of benzene rings is 1. The number of halogens is 1. The second-order valence-electron chi connectivity index (χ2n) is 4.80. The molecule has 0 aromatic heterocycles. The third-order valence-electron chi connectivity index (χ3n) is 2.74. The van der Waals surface area contributed by atoms with E-state index in [0.29, 0.717) is 19.7 Å². The molecule has 124 valence electrons. The third kappa shape index (κ3) is 6.64. The van der Waals surface area contributed by atoms with Crippen LogP contribution in [0.15, 0.2) is 24.3 Å². The van der Waals surface area contributed by atoms with Crippen molar-refractivity contribution in [3.05, 3.63) is 29.8 Å². The summed E-state index contributed by atoms with van der Waals surface area (Å²) in [6.07, 6.45) is 0.975. The zero-order chi connectivity index (χ0) is 16.8. The minimum atomic E-state index is -3.59. The summed E-state index contributed by atoms with van der Waals surface area (Å²) in [4.78, 5) is 13.6. The number of carbonyl (C=O) groups is 1. The van der Waals surface area contributed by atoms with Crippen LogP contribution in [-0.2, 0) is 26.2 Å². The molecule has 0 bridgehead atoms. The predicted octanol–water partition coefficient (Wildman–Crippen LogP) is 1.63. The molecule has 6 nitrogen and oxygen atoms in total. The van der Waals surface area contributed by atoms with Crippen LogP contribution in [0.3, 0.4) is 0 Å². The van der Waals surface area contributed by atoms with Gasteiger partial charge in [-0.15, -0.1) is 11.6 Å². The number of methoxy groups -OCH3 is 1. The van der Waals surface area contributed by atoms with Gasteiger partial charge in [-0.2, -0.15) is 8.42 Å². The highest BCUT2D eigenvalue weighted by Crippen LogP contribution is 2.17. The average Bonchev–Trinajstić information content (AvgIpc) is 2.41. The van der Waals surface area contributed by atoms with Crippen molar-refractivity contribution in [1.82, 2.24) is 4.90 Å². The van der Waals surface area contributed by atoms with Crippen molar-refractivity contribution >= 4 is 27.6 Å². The normalized spacial score (nSPS) is 12.7. The van der Waals surface area contributed by atoms with Gasteiger partial charge in [-0.05, 0) is 24.6 Å². The average molecular weight is 350 g/mol. The van der Waals surface area contributed by atoms with E-state index in [9.17, 15) is 13.2 Å². The maximum atomic E-state index is 12.1. The summed E-state index contributed by atoms with van der Waals surface area (Å²) >= 11 is 5.85. The van der Waals surface area contributed by atoms with Crippen molar-refractivity contribution in [2.45, 2.75) is 18.8 Å². The van der Waals surface area contributed by atoms with Gasteiger partial charge in [0.1, 0.15) is 11.1 Å². The van der Waals surface area contributed by atoms with Crippen molar-refractivity contribution in [1.29, 1.82) is 0 Å². The van der Waals surface area contributed by atoms with Crippen LogP contribution in [0.25, 0.3) is 0 Å². The van der Waals surface area contributed by atoms with Crippen LogP contribution in [0.2, 0.25) is 0 Å². The maximum Gasteiger partial charge on any atom is 0.306 e. The molecule has 0 radical (unpaired) electrons. The fraction of sp³-hybridized carbons (Fsp3) is 0.500. The van der Waals surface area contributed by atoms with Gasteiger partial charge in [0.15, 0.2) is 0 Å². The molecule has 0 saturated heterocycles. The number of amides is 1. The predicted molar refractivity (Wildman–Crippen MR) is 84.5 cm³/mol. The van der Waals surface area contributed by atoms with Crippen LogP contribution >= 0.6 is 11.6 Å². The summed E-state index contributed by atoms with van der Waals surface area (Å²) in [6, 6.07) is 6.56. The summed E-state index contributed by atoms with van der Waals surface area (Å²) in [7, 11) is -2.04. The molecule has 1 atom stereocenters. The van der Waals surface area contributed by atoms with Crippen molar-refractivity contribution in [3.8, 4) is 5.75 Å². The zero-order valence-corrected chi connectivity index (χ0v) is 14.4. The molecule has 0 heterocycles. The Bertz CT molecular complexity index is 603. The Morgan fingerprint density at radius 1 is 1.41 bits per heavy atom. The molecule has 0 aliphatic heterocycles. The first-order chi connectivity index (χ1) is 10.2. The molecule has 0 N–H and O–H groups in total. The molecule has 0 fully saturated rings. The second-order valence-corrected chi connectivity index (χ2v) is 7.03. The van der Waals surface area contributed by atoms with E-state index in [2.05, 4.69) is 0 Å². The van der Waals surface area contributed by atoms with E-state index in [-0.39, 0.29) is 11.7 Å². The van der Waals surface area contributed by atoms with Crippen molar-refractivity contribution in [3.63, 3.8) is 0 Å². The van der Waals surface area contributed by atoms with Crippen molar-refractivity contribution < 1.29 is 22.1 Å². The Morgan fingerprint density at radius 3 is 2.64 bits per heavy atom. The van der Waals surface area contributed by atoms with E-state index in [1.165, 1.54) is 6.07 Å². The van der Waals surface area contributed by atoms with Gasteiger partial charge in [0.2, 0.25) is 5.91 Å². The maximum absolute atomic E-state index is 12.1. The van der Waals surface area contributed by atoms with E-state index in [0.717, 1.165) is 11.8 Å². The third-order valence-corrected chi connectivity index (χ3v) is 3.42. The number of hydrogen-bond donors (Lipinski definition) is 0. The van der Waals surface area contributed by atoms with Crippen LogP contribution in [0, 0.1) is 0 Å². The molecular formula is C14H20ClNO5S. The van der Waals surface area contributed by atoms with Gasteiger partial charge >= 0.3 is 10.1 Å². The molecule has 22 heavy (non-hydrogen) atoms. The zero-order valence-electron chi connectivity index (χ0n) is 12.8. The second kappa shape index (κ2) is 8.36. The Morgan fingerprint density at radius 2 is 2.09 bits per heavy atom. The Labute approximate surface area is 136 Å². The number of ether oxygens (including phenoxy) is 1. The largest absolute Gasteiger partial charge is 0.383 e. The van der Waals surface area contributed by atoms with Gasteiger partial charge in [-0.25, -0.2) is 0 Å². The SMILES string of the molecule is COCCN(Cc1cccc(OS(C)(=O)=O)c1)C(=O)C(C)Cl. The lowest BCUT2D eigenvalue weighted by molar-refractivity contribution is -0.131. The summed E-state index contributed by atoms with van der Waals surface area (Å²) in [5.74, 6) is -0.00814. The summed E-state index contributed by atoms with van der Waals surface area (Å²) in [5, 5.41) is -0.646. The first-order valence-electron chi connectivity index (χ1n) is 6.63. The first-order valence-corrected chi connectivity index (χ1v) is 8.88. The molecule has 1 unspecified atom stereocenters. The van der Waals surface area contributed by atoms with Crippen molar-refractivity contribution in [2.24, 2.45) is 0 Å². The number of alkyl halides is 1. The van der Waals surface area contributed by atoms with Crippen LogP contribution in [-0.4, -0.2) is 51.1 Å². The summed E-state index contributed by atoms with van der Waals surface area (Å²) in [5.41, 5.74) is 0.739. The smallest absolute Gasteiger partial charge is 0.306 e. The number of rotatable bonds is 8. The quantitative estimate of drug-likeness (QED) is 0.527. The lowest BCUT2D eigenvalue weighted by Gasteiger charge is -2.23. The molecule has 8 heteroatoms. The van der Waals surface area contributed by atoms with Gasteiger partial charge in [0, 0.05) is 20.2 Å². The molecule has 0 aliphatic rings. The standard InChI is InChI=1S/C14H20ClNO5S/c1-11(15)14(17)16(7-8-20-2)10-12-5-4-6-13(9-12)21-22(3,18)19/h4-6,9,11H,7-8,10H2,1-3H3. The lowest BCUT2D eigenvalue weighted by atomic mass is 10.2. The molecule has 1 rings (SSSR count). The molecule has 1 aromatic rings. The van der Waals surface area contributed by atoms with E-state index < -0.39 is 15.5 Å². The number of hydrogen-bond acceptors (Lipinski definition) is 5. The fourth-order valence-electron chi connectivity index (χ4n) is 1.81. The van der Waals surface area contributed by atoms with Crippen LogP contribution in [0.4, 0.5) is 0 Å². The summed E-state index contributed by atoms with van der Waals surface area (Å²) in [6.45, 7) is 2.67. The minimum Gasteiger partial charge on any atom is -0.383 e. The molecule has 0 saturated carbocycles. The van der Waals surface area contributed by atoms with Gasteiger partial charge < -0.3 is 13.8 Å². The van der Waals surface area contributed by atoms with E-state index in [1.807, 2.05) is 0 Å². The van der Waals surface area contributed by atoms with E-state index >= 15 is 0 Å². The van der Waals surface area contributed by atoms with Crippen molar-refractivity contribution in [2.75, 3.05) is 26.5 Å². The molecule has 1 aromatic carbocycles. The summed E-state index contributed by atoms with van der Waals surface area (Å²) < 4.78 is 32.1. The number of carbonyl (C=O) groups excluding carboxylic acids is 1. The molecule has 0 spiro atoms. The van der Waals surface area contributed by atoms with Crippen LogP contribution < -0.4 is 4.18 Å². The van der Waals surface area contributed by atoms with Gasteiger partial charge in [-0.3, -0.25) is 4.79 Å². The van der Waals surface area contributed by atoms with Gasteiger partial charge in [0.25, 0.3) is 0 Å².